The molecule has 0 saturated carbocycles. The molecule has 0 aliphatic carbocycles. The van der Waals surface area contributed by atoms with E-state index in [0.29, 0.717) is 0 Å². The fraction of sp³-hybridized carbons (Fsp3) is 0.571. The summed E-state index contributed by atoms with van der Waals surface area (Å²) in [5.74, 6) is 0.894. The molecule has 2 heteroatoms. The van der Waals surface area contributed by atoms with E-state index < -0.39 is 0 Å². The Bertz CT molecular complexity index is 379. The quantitative estimate of drug-likeness (QED) is 0.790. The lowest BCUT2D eigenvalue weighted by atomic mass is 9.92. The molecular formula is C14H22N2. The molecule has 2 rings (SSSR count). The van der Waals surface area contributed by atoms with E-state index in [2.05, 4.69) is 31.7 Å². The van der Waals surface area contributed by atoms with E-state index in [-0.39, 0.29) is 0 Å². The summed E-state index contributed by atoms with van der Waals surface area (Å²) < 4.78 is 0. The Kier molecular flexibility index (Phi) is 3.08. The number of nitrogens with zero attached hydrogens (tertiary/aromatic N) is 1. The van der Waals surface area contributed by atoms with Gasteiger partial charge in [0.15, 0.2) is 0 Å². The summed E-state index contributed by atoms with van der Waals surface area (Å²) >= 11 is 0. The third-order valence-electron chi connectivity index (χ3n) is 3.64. The van der Waals surface area contributed by atoms with Gasteiger partial charge in [-0.25, -0.2) is 0 Å². The Morgan fingerprint density at radius 2 is 2.00 bits per heavy atom. The van der Waals surface area contributed by atoms with Crippen LogP contribution in [0.15, 0.2) is 12.1 Å². The van der Waals surface area contributed by atoms with Gasteiger partial charge in [-0.05, 0) is 43.4 Å². The fourth-order valence-electron chi connectivity index (χ4n) is 2.68. The normalized spacial score (nSPS) is 16.3. The summed E-state index contributed by atoms with van der Waals surface area (Å²) in [6.45, 7) is 8.98. The summed E-state index contributed by atoms with van der Waals surface area (Å²) in [4.78, 5) is 2.47. The van der Waals surface area contributed by atoms with E-state index in [4.69, 9.17) is 5.73 Å². The lowest BCUT2D eigenvalue weighted by molar-refractivity contribution is 0.380. The maximum Gasteiger partial charge on any atom is 0.0446 e. The molecule has 0 unspecified atom stereocenters. The second-order valence-corrected chi connectivity index (χ2v) is 5.00. The monoisotopic (exact) mass is 218 g/mol. The first-order valence-electron chi connectivity index (χ1n) is 6.24. The van der Waals surface area contributed by atoms with Gasteiger partial charge in [-0.2, -0.15) is 0 Å². The molecule has 2 nitrogen and oxygen atoms in total. The molecule has 2 N–H and O–H groups in total. The van der Waals surface area contributed by atoms with E-state index in [9.17, 15) is 0 Å². The van der Waals surface area contributed by atoms with E-state index in [1.165, 1.54) is 42.7 Å². The topological polar surface area (TPSA) is 29.3 Å². The molecule has 1 fully saturated rings. The molecule has 1 saturated heterocycles. The summed E-state index contributed by atoms with van der Waals surface area (Å²) in [6.07, 6.45) is 2.66. The van der Waals surface area contributed by atoms with Crippen LogP contribution in [0, 0.1) is 19.8 Å². The van der Waals surface area contributed by atoms with Crippen LogP contribution in [0.25, 0.3) is 0 Å². The summed E-state index contributed by atoms with van der Waals surface area (Å²) in [5.41, 5.74) is 10.9. The van der Waals surface area contributed by atoms with Gasteiger partial charge < -0.3 is 10.6 Å². The number of nitrogen functional groups attached to an aromatic ring is 1. The standard InChI is InChI=1S/C14H22N2/c1-4-5-12-8-16(9-12)14-10(2)6-7-13(15)11(14)3/h6-7,12H,4-5,8-9,15H2,1-3H3. The third-order valence-corrected chi connectivity index (χ3v) is 3.64. The molecule has 1 heterocycles. The second-order valence-electron chi connectivity index (χ2n) is 5.00. The zero-order chi connectivity index (χ0) is 11.7. The average Bonchev–Trinajstić information content (AvgIpc) is 2.20. The smallest absolute Gasteiger partial charge is 0.0446 e. The SMILES string of the molecule is CCCC1CN(c2c(C)ccc(N)c2C)C1. The summed E-state index contributed by atoms with van der Waals surface area (Å²) in [6, 6.07) is 4.14. The van der Waals surface area contributed by atoms with E-state index in [0.717, 1.165) is 11.6 Å². The van der Waals surface area contributed by atoms with Gasteiger partial charge in [0.1, 0.15) is 0 Å². The molecule has 0 atom stereocenters. The second kappa shape index (κ2) is 4.36. The largest absolute Gasteiger partial charge is 0.398 e. The molecule has 0 aromatic heterocycles. The van der Waals surface area contributed by atoms with Gasteiger partial charge in [-0.15, -0.1) is 0 Å². The summed E-state index contributed by atoms with van der Waals surface area (Å²) in [5, 5.41) is 0. The van der Waals surface area contributed by atoms with Crippen molar-refractivity contribution in [2.24, 2.45) is 5.92 Å². The first-order chi connectivity index (χ1) is 7.63. The highest BCUT2D eigenvalue weighted by Gasteiger charge is 2.28. The minimum Gasteiger partial charge on any atom is -0.398 e. The average molecular weight is 218 g/mol. The Labute approximate surface area is 98.4 Å². The van der Waals surface area contributed by atoms with Crippen LogP contribution in [0.2, 0.25) is 0 Å². The van der Waals surface area contributed by atoms with Gasteiger partial charge in [0.25, 0.3) is 0 Å². The van der Waals surface area contributed by atoms with Crippen molar-refractivity contribution >= 4 is 11.4 Å². The van der Waals surface area contributed by atoms with Gasteiger partial charge in [-0.3, -0.25) is 0 Å². The number of anilines is 2. The highest BCUT2D eigenvalue weighted by Crippen LogP contribution is 2.34. The van der Waals surface area contributed by atoms with Gasteiger partial charge in [0, 0.05) is 24.5 Å². The number of nitrogens with two attached hydrogens (primary N) is 1. The van der Waals surface area contributed by atoms with Crippen molar-refractivity contribution in [3.05, 3.63) is 23.3 Å². The number of benzene rings is 1. The van der Waals surface area contributed by atoms with Crippen LogP contribution < -0.4 is 10.6 Å². The lowest BCUT2D eigenvalue weighted by Gasteiger charge is -2.43. The van der Waals surface area contributed by atoms with Crippen molar-refractivity contribution in [2.75, 3.05) is 23.7 Å². The maximum atomic E-state index is 5.97. The minimum atomic E-state index is 0.894. The molecule has 0 radical (unpaired) electrons. The molecule has 0 spiro atoms. The van der Waals surface area contributed by atoms with Crippen LogP contribution in [-0.4, -0.2) is 13.1 Å². The zero-order valence-corrected chi connectivity index (χ0v) is 10.6. The molecule has 1 aromatic carbocycles. The highest BCUT2D eigenvalue weighted by atomic mass is 15.2. The van der Waals surface area contributed by atoms with E-state index in [1.807, 2.05) is 6.07 Å². The molecule has 16 heavy (non-hydrogen) atoms. The number of hydrogen-bond acceptors (Lipinski definition) is 2. The van der Waals surface area contributed by atoms with Crippen molar-refractivity contribution in [1.29, 1.82) is 0 Å². The van der Waals surface area contributed by atoms with Gasteiger partial charge in [0.2, 0.25) is 0 Å². The predicted octanol–water partition coefficient (Wildman–Crippen LogP) is 3.12. The van der Waals surface area contributed by atoms with Crippen LogP contribution in [0.5, 0.6) is 0 Å². The van der Waals surface area contributed by atoms with Crippen LogP contribution in [0.4, 0.5) is 11.4 Å². The Hall–Kier alpha value is -1.18. The number of aryl methyl sites for hydroxylation is 1. The summed E-state index contributed by atoms with van der Waals surface area (Å²) in [7, 11) is 0. The van der Waals surface area contributed by atoms with Crippen molar-refractivity contribution in [3.63, 3.8) is 0 Å². The van der Waals surface area contributed by atoms with Crippen molar-refractivity contribution in [2.45, 2.75) is 33.6 Å². The molecule has 88 valence electrons. The number of hydrogen-bond donors (Lipinski definition) is 1. The van der Waals surface area contributed by atoms with Crippen molar-refractivity contribution < 1.29 is 0 Å². The molecular weight excluding hydrogens is 196 g/mol. The Balaban J connectivity index is 2.14. The van der Waals surface area contributed by atoms with Crippen molar-refractivity contribution in [1.82, 2.24) is 0 Å². The van der Waals surface area contributed by atoms with Crippen LogP contribution in [0.1, 0.15) is 30.9 Å². The zero-order valence-electron chi connectivity index (χ0n) is 10.6. The van der Waals surface area contributed by atoms with E-state index >= 15 is 0 Å². The minimum absolute atomic E-state index is 0.894. The van der Waals surface area contributed by atoms with E-state index in [1.54, 1.807) is 0 Å². The first-order valence-corrected chi connectivity index (χ1v) is 6.24. The predicted molar refractivity (Wildman–Crippen MR) is 70.9 cm³/mol. The van der Waals surface area contributed by atoms with Crippen LogP contribution >= 0.6 is 0 Å². The van der Waals surface area contributed by atoms with Gasteiger partial charge in [-0.1, -0.05) is 19.4 Å². The van der Waals surface area contributed by atoms with Gasteiger partial charge >= 0.3 is 0 Å². The lowest BCUT2D eigenvalue weighted by Crippen LogP contribution is -2.47. The molecule has 0 bridgehead atoms. The fourth-order valence-corrected chi connectivity index (χ4v) is 2.68. The van der Waals surface area contributed by atoms with Gasteiger partial charge in [0.05, 0.1) is 0 Å². The van der Waals surface area contributed by atoms with Crippen molar-refractivity contribution in [3.8, 4) is 0 Å². The Morgan fingerprint density at radius 1 is 1.31 bits per heavy atom. The maximum absolute atomic E-state index is 5.97. The molecule has 1 aromatic rings. The highest BCUT2D eigenvalue weighted by molar-refractivity contribution is 5.69. The molecule has 1 aliphatic rings. The number of rotatable bonds is 3. The third kappa shape index (κ3) is 1.89. The first kappa shape index (κ1) is 11.3. The van der Waals surface area contributed by atoms with Crippen LogP contribution in [0.3, 0.4) is 0 Å². The van der Waals surface area contributed by atoms with Crippen LogP contribution in [-0.2, 0) is 0 Å². The molecule has 0 amide bonds. The Morgan fingerprint density at radius 3 is 2.62 bits per heavy atom. The molecule has 1 aliphatic heterocycles.